The van der Waals surface area contributed by atoms with Crippen molar-refractivity contribution in [3.05, 3.63) is 122 Å². The van der Waals surface area contributed by atoms with Gasteiger partial charge >= 0.3 is 5.97 Å². The lowest BCUT2D eigenvalue weighted by atomic mass is 9.99. The zero-order valence-electron chi connectivity index (χ0n) is 26.1. The van der Waals surface area contributed by atoms with E-state index in [-0.39, 0.29) is 12.3 Å². The molecule has 1 unspecified atom stereocenters. The number of rotatable bonds is 7. The van der Waals surface area contributed by atoms with Gasteiger partial charge in [0.15, 0.2) is 5.82 Å². The van der Waals surface area contributed by atoms with Gasteiger partial charge in [-0.05, 0) is 75.2 Å². The van der Waals surface area contributed by atoms with Crippen molar-refractivity contribution in [1.82, 2.24) is 14.8 Å². The third-order valence-corrected chi connectivity index (χ3v) is 10.4. The maximum absolute atomic E-state index is 13.6. The Hall–Kier alpha value is -4.58. The van der Waals surface area contributed by atoms with Crippen molar-refractivity contribution in [2.75, 3.05) is 11.1 Å². The second-order valence-corrected chi connectivity index (χ2v) is 15.3. The maximum Gasteiger partial charge on any atom is 0.308 e. The van der Waals surface area contributed by atoms with E-state index in [1.165, 1.54) is 4.88 Å². The molecule has 1 amide bonds. The van der Waals surface area contributed by atoms with Crippen LogP contribution in [-0.4, -0.2) is 42.6 Å². The molecule has 2 atom stereocenters. The molecule has 3 heterocycles. The topological polar surface area (TPSA) is 124 Å². The van der Waals surface area contributed by atoms with Crippen molar-refractivity contribution in [2.24, 2.45) is 4.99 Å². The van der Waals surface area contributed by atoms with E-state index in [0.717, 1.165) is 38.8 Å². The van der Waals surface area contributed by atoms with Crippen LogP contribution >= 0.6 is 22.9 Å². The number of nitrogens with two attached hydrogens (primary N) is 1. The summed E-state index contributed by atoms with van der Waals surface area (Å²) in [6.07, 6.45) is -0.0288. The Morgan fingerprint density at radius 1 is 1.04 bits per heavy atom. The van der Waals surface area contributed by atoms with Gasteiger partial charge in [0.1, 0.15) is 22.1 Å². The Morgan fingerprint density at radius 2 is 1.74 bits per heavy atom. The molecule has 1 aliphatic heterocycles. The zero-order valence-corrected chi connectivity index (χ0v) is 29.7. The van der Waals surface area contributed by atoms with Gasteiger partial charge in [-0.1, -0.05) is 48.0 Å². The lowest BCUT2D eigenvalue weighted by Gasteiger charge is -2.27. The Balaban J connectivity index is 1.26. The van der Waals surface area contributed by atoms with Gasteiger partial charge in [0.05, 0.1) is 33.7 Å². The van der Waals surface area contributed by atoms with Crippen molar-refractivity contribution in [2.45, 2.75) is 45.4 Å². The minimum absolute atomic E-state index is 0.0288. The quantitative estimate of drug-likeness (QED) is 0.128. The molecule has 0 saturated heterocycles. The molecule has 6 rings (SSSR count). The maximum atomic E-state index is 13.6. The summed E-state index contributed by atoms with van der Waals surface area (Å²) in [6.45, 7) is 7.96. The number of ether oxygens (including phenoxy) is 1. The first-order chi connectivity index (χ1) is 21.9. The molecule has 0 radical (unpaired) electrons. The average molecular weight is 669 g/mol. The number of aliphatic imine (C=N–C) groups is 1. The summed E-state index contributed by atoms with van der Waals surface area (Å²) < 4.78 is 8.13. The van der Waals surface area contributed by atoms with E-state index in [1.807, 2.05) is 60.9 Å². The number of aryl methyl sites for hydroxylation is 2. The summed E-state index contributed by atoms with van der Waals surface area (Å²) in [5.41, 5.74) is 12.0. The number of amides is 1. The number of anilines is 2. The van der Waals surface area contributed by atoms with Crippen molar-refractivity contribution < 1.29 is 14.3 Å². The molecule has 5 aromatic rings. The number of aromatic nitrogens is 3. The predicted molar refractivity (Wildman–Crippen MR) is 187 cm³/mol. The molecular weight excluding hydrogens is 636 g/mol. The number of hydrogen-bond donors (Lipinski definition) is 2. The van der Waals surface area contributed by atoms with E-state index < -0.39 is 17.2 Å². The first-order valence-corrected chi connectivity index (χ1v) is 17.0. The fourth-order valence-electron chi connectivity index (χ4n) is 5.50. The SMILES string of the molecule is Cc1sc2c(c1C)C(c1ccc(Cl)cc1)=N[C@@H](CC(=O)OC(C)([SiH3])c1ccc(C(=O)Nc3ccccc3N)cc1)c1nnc(C)n1-2. The number of benzene rings is 3. The predicted octanol–water partition coefficient (Wildman–Crippen LogP) is 5.81. The van der Waals surface area contributed by atoms with E-state index in [2.05, 4.69) is 29.4 Å². The Kier molecular flexibility index (Phi) is 8.40. The number of nitrogens with one attached hydrogen (secondary N) is 1. The standard InChI is InChI=1S/C34H33ClN6O3SSi/c1-18-19(2)45-33-29(18)30(21-11-15-24(35)16-12-21)37-27(31-40-39-20(3)41(31)33)17-28(42)44-34(4,46)23-13-9-22(10-14-23)32(43)38-26-8-6-5-7-25(26)36/h5-16,27H,17,36H2,1-4,46H3,(H,38,43)/t27-,34?/m0/s1. The van der Waals surface area contributed by atoms with E-state index in [1.54, 1.807) is 41.7 Å². The number of carbonyl (C=O) groups excluding carboxylic acids is 2. The van der Waals surface area contributed by atoms with Crippen LogP contribution in [-0.2, 0) is 14.8 Å². The van der Waals surface area contributed by atoms with E-state index >= 15 is 0 Å². The van der Waals surface area contributed by atoms with Gasteiger partial charge in [0.2, 0.25) is 0 Å². The summed E-state index contributed by atoms with van der Waals surface area (Å²) in [4.78, 5) is 32.8. The number of hydrogen-bond acceptors (Lipinski definition) is 8. The first kappa shape index (κ1) is 31.4. The minimum atomic E-state index is -0.848. The molecule has 2 aromatic heterocycles. The number of para-hydroxylation sites is 2. The summed E-state index contributed by atoms with van der Waals surface area (Å²) in [6, 6.07) is 21.1. The highest BCUT2D eigenvalue weighted by atomic mass is 35.5. The molecule has 9 nitrogen and oxygen atoms in total. The van der Waals surface area contributed by atoms with Gasteiger partial charge in [0, 0.05) is 26.6 Å². The molecule has 0 fully saturated rings. The highest BCUT2D eigenvalue weighted by Crippen LogP contribution is 2.40. The number of fused-ring (bicyclic) bond motifs is 3. The van der Waals surface area contributed by atoms with E-state index in [9.17, 15) is 9.59 Å². The van der Waals surface area contributed by atoms with Gasteiger partial charge in [-0.2, -0.15) is 0 Å². The largest absolute Gasteiger partial charge is 0.460 e. The molecule has 0 saturated carbocycles. The number of halogens is 1. The van der Waals surface area contributed by atoms with Gasteiger partial charge in [-0.25, -0.2) is 0 Å². The summed E-state index contributed by atoms with van der Waals surface area (Å²) in [5, 5.41) is 12.5. The van der Waals surface area contributed by atoms with E-state index in [4.69, 9.17) is 27.1 Å². The molecule has 12 heteroatoms. The molecule has 46 heavy (non-hydrogen) atoms. The monoisotopic (exact) mass is 668 g/mol. The first-order valence-electron chi connectivity index (χ1n) is 14.8. The van der Waals surface area contributed by atoms with Gasteiger partial charge in [-0.3, -0.25) is 19.1 Å². The highest BCUT2D eigenvalue weighted by molar-refractivity contribution is 7.15. The van der Waals surface area contributed by atoms with Crippen molar-refractivity contribution in [3.63, 3.8) is 0 Å². The Bertz CT molecular complexity index is 2000. The molecule has 3 N–H and O–H groups in total. The molecule has 3 aromatic carbocycles. The lowest BCUT2D eigenvalue weighted by Crippen LogP contribution is -2.30. The number of nitrogens with zero attached hydrogens (tertiary/aromatic N) is 4. The molecule has 0 bridgehead atoms. The fourth-order valence-corrected chi connectivity index (χ4v) is 7.40. The fraction of sp³-hybridized carbons (Fsp3) is 0.206. The number of carbonyl (C=O) groups is 2. The van der Waals surface area contributed by atoms with Crippen LogP contribution in [0.3, 0.4) is 0 Å². The summed E-state index contributed by atoms with van der Waals surface area (Å²) in [5.74, 6) is 0.617. The van der Waals surface area contributed by atoms with Crippen molar-refractivity contribution >= 4 is 62.1 Å². The number of thiophene rings is 1. The second-order valence-electron chi connectivity index (χ2n) is 11.7. The van der Waals surface area contributed by atoms with Crippen LogP contribution in [0.15, 0.2) is 77.8 Å². The van der Waals surface area contributed by atoms with Crippen molar-refractivity contribution in [3.8, 4) is 5.00 Å². The molecule has 0 spiro atoms. The van der Waals surface area contributed by atoms with Gasteiger partial charge < -0.3 is 15.8 Å². The number of esters is 1. The second kappa shape index (κ2) is 12.3. The van der Waals surface area contributed by atoms with Crippen LogP contribution in [0.4, 0.5) is 11.4 Å². The Morgan fingerprint density at radius 3 is 2.43 bits per heavy atom. The highest BCUT2D eigenvalue weighted by Gasteiger charge is 2.34. The van der Waals surface area contributed by atoms with Crippen molar-refractivity contribution in [1.29, 1.82) is 0 Å². The van der Waals surface area contributed by atoms with Crippen LogP contribution in [0.5, 0.6) is 0 Å². The zero-order chi connectivity index (χ0) is 32.7. The van der Waals surface area contributed by atoms with Crippen LogP contribution < -0.4 is 11.1 Å². The third kappa shape index (κ3) is 6.01. The van der Waals surface area contributed by atoms with Crippen LogP contribution in [0.2, 0.25) is 5.02 Å². The summed E-state index contributed by atoms with van der Waals surface area (Å²) in [7, 11) is 0.508. The minimum Gasteiger partial charge on any atom is -0.460 e. The van der Waals surface area contributed by atoms with Crippen LogP contribution in [0, 0.1) is 20.8 Å². The molecule has 1 aliphatic rings. The molecule has 0 aliphatic carbocycles. The Labute approximate surface area is 278 Å². The molecule has 234 valence electrons. The van der Waals surface area contributed by atoms with Gasteiger partial charge in [-0.15, -0.1) is 21.5 Å². The van der Waals surface area contributed by atoms with Gasteiger partial charge in [0.25, 0.3) is 5.91 Å². The van der Waals surface area contributed by atoms with Crippen LogP contribution in [0.25, 0.3) is 5.00 Å². The number of nitrogen functional groups attached to an aromatic ring is 1. The van der Waals surface area contributed by atoms with E-state index in [0.29, 0.717) is 38.0 Å². The smallest absolute Gasteiger partial charge is 0.308 e. The third-order valence-electron chi connectivity index (χ3n) is 8.14. The normalized spacial score (nSPS) is 15.2. The lowest BCUT2D eigenvalue weighted by molar-refractivity contribution is -0.152. The summed E-state index contributed by atoms with van der Waals surface area (Å²) >= 11 is 7.88. The van der Waals surface area contributed by atoms with Crippen LogP contribution in [0.1, 0.15) is 68.5 Å². The average Bonchev–Trinajstić information content (AvgIpc) is 3.50. The molecular formula is C34H33ClN6O3SSi.